The van der Waals surface area contributed by atoms with Crippen molar-refractivity contribution >= 4 is 33.8 Å². The molecular formula is C30H23N13O. The summed E-state index contributed by atoms with van der Waals surface area (Å²) in [5.74, 6) is 1.12. The van der Waals surface area contributed by atoms with Crippen LogP contribution >= 0.6 is 0 Å². The van der Waals surface area contributed by atoms with Crippen LogP contribution in [0.3, 0.4) is 0 Å². The summed E-state index contributed by atoms with van der Waals surface area (Å²) in [6.45, 7) is 0. The largest absolute Gasteiger partial charge is 0.362 e. The van der Waals surface area contributed by atoms with Crippen LogP contribution < -0.4 is 10.2 Å². The highest BCUT2D eigenvalue weighted by Crippen LogP contribution is 2.60. The zero-order valence-electron chi connectivity index (χ0n) is 22.9. The van der Waals surface area contributed by atoms with Gasteiger partial charge in [0, 0.05) is 30.3 Å². The van der Waals surface area contributed by atoms with Gasteiger partial charge in [0.2, 0.25) is 17.1 Å². The van der Waals surface area contributed by atoms with E-state index in [1.54, 1.807) is 18.6 Å². The molecule has 7 heterocycles. The van der Waals surface area contributed by atoms with Crippen LogP contribution in [-0.2, 0) is 16.0 Å². The average molecular weight is 582 g/mol. The summed E-state index contributed by atoms with van der Waals surface area (Å²) in [6, 6.07) is 27.7. The molecule has 9 rings (SSSR count). The Balaban J connectivity index is 1.50. The van der Waals surface area contributed by atoms with Gasteiger partial charge in [0.15, 0.2) is 0 Å². The monoisotopic (exact) mass is 581 g/mol. The number of nitrogens with one attached hydrogen (secondary N) is 5. The van der Waals surface area contributed by atoms with E-state index in [0.29, 0.717) is 23.2 Å². The molecule has 1 aliphatic heterocycles. The smallest absolute Gasteiger partial charge is 0.309 e. The van der Waals surface area contributed by atoms with Crippen LogP contribution in [0.15, 0.2) is 110 Å². The predicted molar refractivity (Wildman–Crippen MR) is 160 cm³/mol. The number of hydrogen-bond acceptors (Lipinski definition) is 9. The molecule has 8 aromatic rings. The van der Waals surface area contributed by atoms with Gasteiger partial charge in [-0.25, -0.2) is 19.8 Å². The third-order valence-corrected chi connectivity index (χ3v) is 8.08. The van der Waals surface area contributed by atoms with Crippen molar-refractivity contribution in [3.8, 4) is 0 Å². The highest BCUT2D eigenvalue weighted by atomic mass is 16.8. The molecule has 214 valence electrons. The fraction of sp³-hybridized carbons (Fsp3) is 0.0667. The van der Waals surface area contributed by atoms with E-state index < -0.39 is 11.1 Å². The van der Waals surface area contributed by atoms with Crippen LogP contribution in [0.1, 0.15) is 22.9 Å². The van der Waals surface area contributed by atoms with Crippen molar-refractivity contribution < 1.29 is 4.84 Å². The summed E-state index contributed by atoms with van der Waals surface area (Å²) in [5.41, 5.74) is 1.70. The number of benzene rings is 2. The van der Waals surface area contributed by atoms with Gasteiger partial charge in [-0.3, -0.25) is 4.98 Å². The Labute approximate surface area is 248 Å². The summed E-state index contributed by atoms with van der Waals surface area (Å²) >= 11 is 0. The number of imidazole rings is 2. The highest BCUT2D eigenvalue weighted by Gasteiger charge is 2.73. The fourth-order valence-electron chi connectivity index (χ4n) is 6.33. The molecule has 2 aromatic carbocycles. The van der Waals surface area contributed by atoms with Gasteiger partial charge in [-0.15, -0.1) is 10.3 Å². The predicted octanol–water partition coefficient (Wildman–Crippen LogP) is 4.06. The first-order valence-corrected chi connectivity index (χ1v) is 13.9. The van der Waals surface area contributed by atoms with Gasteiger partial charge in [0.1, 0.15) is 5.82 Å². The first-order valence-electron chi connectivity index (χ1n) is 13.9. The summed E-state index contributed by atoms with van der Waals surface area (Å²) in [5, 5.41) is 19.4. The summed E-state index contributed by atoms with van der Waals surface area (Å²) < 4.78 is 0. The Morgan fingerprint density at radius 3 is 2.39 bits per heavy atom. The minimum Gasteiger partial charge on any atom is -0.362 e. The summed E-state index contributed by atoms with van der Waals surface area (Å²) in [6.07, 6.45) is 7.03. The topological polar surface area (TPSA) is 172 Å². The Morgan fingerprint density at radius 2 is 1.64 bits per heavy atom. The lowest BCUT2D eigenvalue weighted by molar-refractivity contribution is -0.0185. The minimum absolute atomic E-state index is 0.141. The van der Waals surface area contributed by atoms with E-state index in [4.69, 9.17) is 19.8 Å². The molecule has 2 atom stereocenters. The van der Waals surface area contributed by atoms with Gasteiger partial charge in [0.25, 0.3) is 0 Å². The van der Waals surface area contributed by atoms with Gasteiger partial charge in [0.05, 0.1) is 28.1 Å². The molecule has 14 nitrogen and oxygen atoms in total. The third kappa shape index (κ3) is 3.16. The van der Waals surface area contributed by atoms with E-state index >= 15 is 0 Å². The molecule has 0 amide bonds. The number of fused-ring (bicyclic) bond motifs is 2. The van der Waals surface area contributed by atoms with Crippen molar-refractivity contribution in [3.05, 3.63) is 133 Å². The Morgan fingerprint density at radius 1 is 0.750 bits per heavy atom. The molecular weight excluding hydrogens is 558 g/mol. The third-order valence-electron chi connectivity index (χ3n) is 8.08. The highest BCUT2D eigenvalue weighted by molar-refractivity contribution is 5.82. The SMILES string of the molecule is c1ccc(C2(c3cc4ccccc4[nH]3)ON(c3nn[nH]n3)N(c3ncc[nH]3)C2(c2ccc[nH]2)c2nc3ccccc3[nH]2)nc1. The molecule has 44 heavy (non-hydrogen) atoms. The normalized spacial score (nSPS) is 20.3. The van der Waals surface area contributed by atoms with Gasteiger partial charge in [-0.05, 0) is 59.1 Å². The molecule has 0 aliphatic carbocycles. The number of hydrazine groups is 1. The number of anilines is 2. The second-order valence-corrected chi connectivity index (χ2v) is 10.4. The molecule has 0 bridgehead atoms. The molecule has 1 fully saturated rings. The molecule has 1 aliphatic rings. The number of nitrogens with zero attached hydrogens (tertiary/aromatic N) is 8. The zero-order chi connectivity index (χ0) is 29.1. The number of hydrogen-bond donors (Lipinski definition) is 5. The molecule has 2 unspecified atom stereocenters. The lowest BCUT2D eigenvalue weighted by atomic mass is 9.71. The lowest BCUT2D eigenvalue weighted by Crippen LogP contribution is -2.58. The average Bonchev–Trinajstić information content (AvgIpc) is 3.91. The quantitative estimate of drug-likeness (QED) is 0.194. The van der Waals surface area contributed by atoms with Crippen LogP contribution in [0.25, 0.3) is 21.9 Å². The number of aromatic nitrogens is 11. The van der Waals surface area contributed by atoms with Crippen LogP contribution in [-0.4, -0.2) is 55.5 Å². The van der Waals surface area contributed by atoms with E-state index in [9.17, 15) is 0 Å². The maximum Gasteiger partial charge on any atom is 0.309 e. The van der Waals surface area contributed by atoms with Crippen molar-refractivity contribution in [1.29, 1.82) is 0 Å². The van der Waals surface area contributed by atoms with Crippen molar-refractivity contribution in [2.45, 2.75) is 11.1 Å². The summed E-state index contributed by atoms with van der Waals surface area (Å²) in [7, 11) is 0. The number of para-hydroxylation sites is 3. The van der Waals surface area contributed by atoms with Crippen molar-refractivity contribution in [3.63, 3.8) is 0 Å². The van der Waals surface area contributed by atoms with Crippen LogP contribution in [0, 0.1) is 0 Å². The van der Waals surface area contributed by atoms with E-state index in [1.807, 2.05) is 84.0 Å². The molecule has 1 saturated heterocycles. The van der Waals surface area contributed by atoms with E-state index in [-0.39, 0.29) is 5.95 Å². The molecule has 0 spiro atoms. The zero-order valence-corrected chi connectivity index (χ0v) is 22.9. The Hall–Kier alpha value is -6.28. The van der Waals surface area contributed by atoms with E-state index in [0.717, 1.165) is 27.6 Å². The van der Waals surface area contributed by atoms with Crippen LogP contribution in [0.5, 0.6) is 0 Å². The Bertz CT molecular complexity index is 2120. The van der Waals surface area contributed by atoms with Crippen LogP contribution in [0.4, 0.5) is 11.9 Å². The number of rotatable bonds is 6. The van der Waals surface area contributed by atoms with E-state index in [1.165, 1.54) is 5.17 Å². The molecule has 0 saturated carbocycles. The number of H-pyrrole nitrogens is 5. The van der Waals surface area contributed by atoms with Gasteiger partial charge < -0.3 is 19.9 Å². The molecule has 6 aromatic heterocycles. The fourth-order valence-corrected chi connectivity index (χ4v) is 6.33. The standard InChI is InChI=1S/C30H23N13O/c1-2-9-20-19(8-1)18-25(35-20)30(24-12-5-6-14-32-24)29(23-13-7-15-31-23,26-36-21-10-3-4-11-22(21)37-26)42(27-33-16-17-34-27)43(44-30)28-38-40-41-39-28/h1-18,31,35H,(H,33,34)(H,36,37)(H,38,39,40,41). The Kier molecular flexibility index (Phi) is 5.04. The van der Waals surface area contributed by atoms with E-state index in [2.05, 4.69) is 52.7 Å². The number of tetrazole rings is 1. The molecule has 0 radical (unpaired) electrons. The first-order chi connectivity index (χ1) is 21.8. The van der Waals surface area contributed by atoms with Crippen molar-refractivity contribution in [2.24, 2.45) is 0 Å². The van der Waals surface area contributed by atoms with Crippen molar-refractivity contribution in [2.75, 3.05) is 10.2 Å². The van der Waals surface area contributed by atoms with Gasteiger partial charge in [-0.2, -0.15) is 5.21 Å². The maximum absolute atomic E-state index is 7.26. The number of aromatic amines is 5. The second kappa shape index (κ2) is 9.11. The summed E-state index contributed by atoms with van der Waals surface area (Å²) in [4.78, 5) is 36.2. The van der Waals surface area contributed by atoms with Crippen LogP contribution in [0.2, 0.25) is 0 Å². The number of pyridine rings is 1. The molecule has 5 N–H and O–H groups in total. The van der Waals surface area contributed by atoms with Gasteiger partial charge in [-0.1, -0.05) is 41.5 Å². The lowest BCUT2D eigenvalue weighted by Gasteiger charge is -2.42. The minimum atomic E-state index is -1.47. The first kappa shape index (κ1) is 24.3. The molecule has 14 heteroatoms. The van der Waals surface area contributed by atoms with Gasteiger partial charge >= 0.3 is 5.95 Å². The maximum atomic E-state index is 7.26. The second-order valence-electron chi connectivity index (χ2n) is 10.4. The van der Waals surface area contributed by atoms with Crippen molar-refractivity contribution in [1.82, 2.24) is 55.5 Å².